The topological polar surface area (TPSA) is 61.7 Å². The summed E-state index contributed by atoms with van der Waals surface area (Å²) in [6.07, 6.45) is 6.18. The maximum absolute atomic E-state index is 15.0. The van der Waals surface area contributed by atoms with Crippen LogP contribution < -0.4 is 10.6 Å². The fraction of sp³-hybridized carbons (Fsp3) is 0.385. The molecule has 2 saturated heterocycles. The lowest BCUT2D eigenvalue weighted by atomic mass is 10.0. The molecule has 4 aromatic rings. The van der Waals surface area contributed by atoms with Crippen LogP contribution in [0.15, 0.2) is 42.6 Å². The molecule has 2 fully saturated rings. The zero-order valence-electron chi connectivity index (χ0n) is 19.2. The van der Waals surface area contributed by atoms with E-state index in [1.807, 2.05) is 40.9 Å². The van der Waals surface area contributed by atoms with E-state index in [0.29, 0.717) is 16.8 Å². The summed E-state index contributed by atoms with van der Waals surface area (Å²) >= 11 is 1.52. The molecule has 1 amide bonds. The van der Waals surface area contributed by atoms with Crippen molar-refractivity contribution in [3.8, 4) is 11.3 Å². The van der Waals surface area contributed by atoms with E-state index in [1.54, 1.807) is 6.07 Å². The molecule has 8 heteroatoms. The normalized spacial score (nSPS) is 21.5. The second-order valence-corrected chi connectivity index (χ2v) is 10.5. The summed E-state index contributed by atoms with van der Waals surface area (Å²) in [5.74, 6) is -0.276. The van der Waals surface area contributed by atoms with Gasteiger partial charge in [0.15, 0.2) is 4.96 Å². The van der Waals surface area contributed by atoms with Crippen molar-refractivity contribution in [1.29, 1.82) is 0 Å². The number of fused-ring (bicyclic) bond motifs is 3. The zero-order chi connectivity index (χ0) is 23.2. The summed E-state index contributed by atoms with van der Waals surface area (Å²) in [5.41, 5.74) is 3.77. The van der Waals surface area contributed by atoms with E-state index < -0.39 is 0 Å². The van der Waals surface area contributed by atoms with Crippen LogP contribution in [0.25, 0.3) is 26.4 Å². The van der Waals surface area contributed by atoms with Crippen molar-refractivity contribution in [2.24, 2.45) is 0 Å². The second kappa shape index (κ2) is 8.76. The predicted molar refractivity (Wildman–Crippen MR) is 134 cm³/mol. The second-order valence-electron chi connectivity index (χ2n) is 9.53. The van der Waals surface area contributed by atoms with Crippen LogP contribution in [0.3, 0.4) is 0 Å². The van der Waals surface area contributed by atoms with Crippen molar-refractivity contribution >= 4 is 32.4 Å². The molecule has 2 atom stereocenters. The van der Waals surface area contributed by atoms with Crippen LogP contribution in [0.2, 0.25) is 0 Å². The number of aromatic nitrogens is 2. The Morgan fingerprint density at radius 3 is 2.91 bits per heavy atom. The fourth-order valence-electron chi connectivity index (χ4n) is 5.25. The maximum atomic E-state index is 15.0. The average Bonchev–Trinajstić information content (AvgIpc) is 3.55. The first-order chi connectivity index (χ1) is 16.5. The number of amides is 1. The molecule has 0 saturated carbocycles. The first-order valence-corrected chi connectivity index (χ1v) is 12.8. The van der Waals surface area contributed by atoms with E-state index in [9.17, 15) is 9.18 Å². The SMILES string of the molecule is CN1CCC[C@@H](NC(=O)c2ccc3c(c2)sc2nc(-c4ccc(C5CCCN5)cc4F)cn23)C1. The molecule has 34 heavy (non-hydrogen) atoms. The molecule has 1 unspecified atom stereocenters. The summed E-state index contributed by atoms with van der Waals surface area (Å²) in [4.78, 5) is 20.6. The van der Waals surface area contributed by atoms with Crippen molar-refractivity contribution < 1.29 is 9.18 Å². The zero-order valence-corrected chi connectivity index (χ0v) is 20.0. The van der Waals surface area contributed by atoms with E-state index in [4.69, 9.17) is 4.98 Å². The minimum absolute atomic E-state index is 0.0344. The highest BCUT2D eigenvalue weighted by Gasteiger charge is 2.21. The predicted octanol–water partition coefficient (Wildman–Crippen LogP) is 4.60. The van der Waals surface area contributed by atoms with Gasteiger partial charge in [0, 0.05) is 36.0 Å². The summed E-state index contributed by atoms with van der Waals surface area (Å²) in [6.45, 7) is 2.96. The smallest absolute Gasteiger partial charge is 0.251 e. The van der Waals surface area contributed by atoms with Crippen LogP contribution in [0.5, 0.6) is 0 Å². The molecule has 2 aliphatic rings. The molecule has 2 N–H and O–H groups in total. The minimum Gasteiger partial charge on any atom is -0.348 e. The molecule has 4 heterocycles. The lowest BCUT2D eigenvalue weighted by molar-refractivity contribution is 0.0912. The average molecular weight is 478 g/mol. The Labute approximate surface area is 201 Å². The number of piperidine rings is 1. The van der Waals surface area contributed by atoms with Gasteiger partial charge in [0.2, 0.25) is 0 Å². The molecular formula is C26H28FN5OS. The van der Waals surface area contributed by atoms with E-state index in [0.717, 1.165) is 66.1 Å². The van der Waals surface area contributed by atoms with Crippen LogP contribution in [-0.4, -0.2) is 52.9 Å². The van der Waals surface area contributed by atoms with Crippen molar-refractivity contribution in [2.75, 3.05) is 26.7 Å². The number of carbonyl (C=O) groups is 1. The summed E-state index contributed by atoms with van der Waals surface area (Å²) in [7, 11) is 2.09. The third-order valence-electron chi connectivity index (χ3n) is 7.05. The maximum Gasteiger partial charge on any atom is 0.251 e. The quantitative estimate of drug-likeness (QED) is 0.451. The molecule has 0 aliphatic carbocycles. The van der Waals surface area contributed by atoms with E-state index in [2.05, 4.69) is 22.6 Å². The molecule has 2 aromatic carbocycles. The van der Waals surface area contributed by atoms with Crippen molar-refractivity contribution in [2.45, 2.75) is 37.8 Å². The Hall–Kier alpha value is -2.81. The number of likely N-dealkylation sites (N-methyl/N-ethyl adjacent to an activating group) is 1. The van der Waals surface area contributed by atoms with Gasteiger partial charge in [-0.2, -0.15) is 0 Å². The highest BCUT2D eigenvalue weighted by atomic mass is 32.1. The Morgan fingerprint density at radius 2 is 2.12 bits per heavy atom. The number of halogens is 1. The lowest BCUT2D eigenvalue weighted by Gasteiger charge is -2.30. The van der Waals surface area contributed by atoms with Crippen LogP contribution in [0.4, 0.5) is 4.39 Å². The van der Waals surface area contributed by atoms with Crippen molar-refractivity contribution in [3.63, 3.8) is 0 Å². The molecule has 6 rings (SSSR count). The number of nitrogens with one attached hydrogen (secondary N) is 2. The largest absolute Gasteiger partial charge is 0.348 e. The fourth-order valence-corrected chi connectivity index (χ4v) is 6.30. The minimum atomic E-state index is -0.242. The van der Waals surface area contributed by atoms with Gasteiger partial charge >= 0.3 is 0 Å². The van der Waals surface area contributed by atoms with Crippen LogP contribution in [0, 0.1) is 5.82 Å². The van der Waals surface area contributed by atoms with Crippen LogP contribution >= 0.6 is 11.3 Å². The standard InChI is InChI=1S/C26H28FN5OS/c1-31-11-3-4-18(14-31)29-25(33)17-7-9-23-24(13-17)34-26-30-22(15-32(23)26)19-8-6-16(12-20(19)27)21-5-2-10-28-21/h6-9,12-13,15,18,21,28H,2-5,10-11,14H2,1H3,(H,29,33)/t18-,21?/m1/s1. The Morgan fingerprint density at radius 1 is 1.21 bits per heavy atom. The van der Waals surface area contributed by atoms with Crippen molar-refractivity contribution in [3.05, 3.63) is 59.5 Å². The van der Waals surface area contributed by atoms with Gasteiger partial charge < -0.3 is 15.5 Å². The van der Waals surface area contributed by atoms with Gasteiger partial charge in [-0.1, -0.05) is 17.4 Å². The van der Waals surface area contributed by atoms with E-state index >= 15 is 0 Å². The number of imidazole rings is 1. The third kappa shape index (κ3) is 4.00. The van der Waals surface area contributed by atoms with Gasteiger partial charge in [-0.25, -0.2) is 9.37 Å². The first kappa shape index (κ1) is 21.7. The Balaban J connectivity index is 1.25. The molecule has 2 aromatic heterocycles. The van der Waals surface area contributed by atoms with Crippen LogP contribution in [0.1, 0.15) is 47.6 Å². The summed E-state index contributed by atoms with van der Waals surface area (Å²) in [5, 5.41) is 6.59. The van der Waals surface area contributed by atoms with Gasteiger partial charge in [0.25, 0.3) is 5.91 Å². The van der Waals surface area contributed by atoms with Gasteiger partial charge in [-0.05, 0) is 81.7 Å². The molecular weight excluding hydrogens is 449 g/mol. The molecule has 0 spiro atoms. The highest BCUT2D eigenvalue weighted by Crippen LogP contribution is 2.32. The number of benzene rings is 2. The Bertz CT molecular complexity index is 1370. The van der Waals surface area contributed by atoms with E-state index in [-0.39, 0.29) is 23.8 Å². The molecule has 2 aliphatic heterocycles. The number of hydrogen-bond donors (Lipinski definition) is 2. The monoisotopic (exact) mass is 477 g/mol. The van der Waals surface area contributed by atoms with Gasteiger partial charge in [0.1, 0.15) is 5.82 Å². The molecule has 0 radical (unpaired) electrons. The number of rotatable bonds is 4. The van der Waals surface area contributed by atoms with Crippen LogP contribution in [-0.2, 0) is 0 Å². The number of likely N-dealkylation sites (tertiary alicyclic amines) is 1. The highest BCUT2D eigenvalue weighted by molar-refractivity contribution is 7.23. The number of hydrogen-bond acceptors (Lipinski definition) is 5. The van der Waals surface area contributed by atoms with Gasteiger partial charge in [0.05, 0.1) is 15.9 Å². The Kier molecular flexibility index (Phi) is 5.59. The summed E-state index contributed by atoms with van der Waals surface area (Å²) < 4.78 is 18.0. The van der Waals surface area contributed by atoms with E-state index in [1.165, 1.54) is 11.3 Å². The van der Waals surface area contributed by atoms with Crippen molar-refractivity contribution in [1.82, 2.24) is 24.9 Å². The van der Waals surface area contributed by atoms with Gasteiger partial charge in [-0.15, -0.1) is 0 Å². The molecule has 0 bridgehead atoms. The summed E-state index contributed by atoms with van der Waals surface area (Å²) in [6, 6.07) is 11.7. The number of thiazole rings is 1. The molecule has 6 nitrogen and oxygen atoms in total. The number of carbonyl (C=O) groups excluding carboxylic acids is 1. The molecule has 176 valence electrons. The third-order valence-corrected chi connectivity index (χ3v) is 8.07. The number of nitrogens with zero attached hydrogens (tertiary/aromatic N) is 3. The first-order valence-electron chi connectivity index (χ1n) is 12.0. The lowest BCUT2D eigenvalue weighted by Crippen LogP contribution is -2.46. The van der Waals surface area contributed by atoms with Gasteiger partial charge in [-0.3, -0.25) is 9.20 Å².